The first-order chi connectivity index (χ1) is 15.7. The predicted molar refractivity (Wildman–Crippen MR) is 120 cm³/mol. The molecular formula is C26H36O8. The minimum absolute atomic E-state index is 0.00886. The molecule has 34 heavy (non-hydrogen) atoms. The van der Waals surface area contributed by atoms with E-state index >= 15 is 0 Å². The molecule has 0 heterocycles. The monoisotopic (exact) mass is 476 g/mol. The second-order valence-electron chi connectivity index (χ2n) is 11.3. The molecule has 8 heteroatoms. The van der Waals surface area contributed by atoms with Crippen LogP contribution in [0.5, 0.6) is 0 Å². The Morgan fingerprint density at radius 1 is 1.06 bits per heavy atom. The molecule has 3 saturated carbocycles. The molecule has 0 aromatic carbocycles. The fourth-order valence-corrected chi connectivity index (χ4v) is 7.84. The molecule has 1 N–H and O–H groups in total. The number of rotatable bonds is 4. The van der Waals surface area contributed by atoms with Gasteiger partial charge in [-0.15, -0.1) is 0 Å². The van der Waals surface area contributed by atoms with E-state index in [2.05, 4.69) is 6.92 Å². The van der Waals surface area contributed by atoms with E-state index in [1.165, 1.54) is 20.8 Å². The van der Waals surface area contributed by atoms with Gasteiger partial charge in [-0.05, 0) is 49.0 Å². The van der Waals surface area contributed by atoms with Crippen LogP contribution in [0.15, 0.2) is 11.6 Å². The van der Waals surface area contributed by atoms with Crippen LogP contribution in [-0.4, -0.2) is 53.2 Å². The van der Waals surface area contributed by atoms with Crippen LogP contribution in [0.2, 0.25) is 0 Å². The Balaban J connectivity index is 1.87. The Morgan fingerprint density at radius 3 is 2.24 bits per heavy atom. The summed E-state index contributed by atoms with van der Waals surface area (Å²) in [6.07, 6.45) is 0.705. The summed E-state index contributed by atoms with van der Waals surface area (Å²) in [5.74, 6) is -2.55. The van der Waals surface area contributed by atoms with Gasteiger partial charge in [0.2, 0.25) is 0 Å². The van der Waals surface area contributed by atoms with E-state index in [1.807, 2.05) is 13.8 Å². The van der Waals surface area contributed by atoms with Crippen LogP contribution in [0.3, 0.4) is 0 Å². The predicted octanol–water partition coefficient (Wildman–Crippen LogP) is 2.61. The first-order valence-corrected chi connectivity index (χ1v) is 12.2. The second-order valence-corrected chi connectivity index (χ2v) is 11.3. The van der Waals surface area contributed by atoms with Crippen molar-refractivity contribution in [3.8, 4) is 0 Å². The summed E-state index contributed by atoms with van der Waals surface area (Å²) in [5, 5.41) is 12.5. The largest absolute Gasteiger partial charge is 0.465 e. The van der Waals surface area contributed by atoms with Crippen LogP contribution in [-0.2, 0) is 33.4 Å². The summed E-state index contributed by atoms with van der Waals surface area (Å²) in [4.78, 5) is 50.2. The van der Waals surface area contributed by atoms with Gasteiger partial charge in [0.1, 0.15) is 11.9 Å². The van der Waals surface area contributed by atoms with Gasteiger partial charge in [-0.1, -0.05) is 26.8 Å². The van der Waals surface area contributed by atoms with Crippen LogP contribution in [0.4, 0.5) is 0 Å². The third-order valence-corrected chi connectivity index (χ3v) is 9.17. The summed E-state index contributed by atoms with van der Waals surface area (Å²) in [6.45, 7) is 11.8. The summed E-state index contributed by atoms with van der Waals surface area (Å²) in [6, 6.07) is 0. The molecule has 188 valence electrons. The van der Waals surface area contributed by atoms with E-state index in [9.17, 15) is 24.3 Å². The van der Waals surface area contributed by atoms with Gasteiger partial charge >= 0.3 is 17.9 Å². The number of ether oxygens (including phenoxy) is 3. The lowest BCUT2D eigenvalue weighted by Crippen LogP contribution is -2.66. The number of aliphatic hydroxyl groups is 1. The molecule has 0 saturated heterocycles. The van der Waals surface area contributed by atoms with E-state index in [4.69, 9.17) is 14.2 Å². The summed E-state index contributed by atoms with van der Waals surface area (Å²) < 4.78 is 16.8. The number of hydrogen-bond donors (Lipinski definition) is 1. The highest BCUT2D eigenvalue weighted by atomic mass is 16.6. The third kappa shape index (κ3) is 3.20. The fraction of sp³-hybridized carbons (Fsp3) is 0.769. The fourth-order valence-electron chi connectivity index (χ4n) is 7.84. The van der Waals surface area contributed by atoms with Gasteiger partial charge in [-0.3, -0.25) is 19.2 Å². The van der Waals surface area contributed by atoms with Crippen molar-refractivity contribution in [3.63, 3.8) is 0 Å². The third-order valence-electron chi connectivity index (χ3n) is 9.17. The smallest absolute Gasteiger partial charge is 0.303 e. The summed E-state index contributed by atoms with van der Waals surface area (Å²) >= 11 is 0. The van der Waals surface area contributed by atoms with E-state index in [-0.39, 0.29) is 47.4 Å². The SMILES string of the molecule is CC(=O)OCC1(C)C2CC(C)C34C=C(C)C(OC(C)=O)C3(O)C(OC(C)=O)C(C)CC(C4=O)C21. The number of esters is 3. The van der Waals surface area contributed by atoms with Crippen molar-refractivity contribution in [2.45, 2.75) is 79.1 Å². The van der Waals surface area contributed by atoms with Crippen molar-refractivity contribution in [3.05, 3.63) is 11.6 Å². The van der Waals surface area contributed by atoms with Crippen LogP contribution < -0.4 is 0 Å². The molecule has 0 aliphatic heterocycles. The zero-order valence-electron chi connectivity index (χ0n) is 21.0. The van der Waals surface area contributed by atoms with Gasteiger partial charge in [0, 0.05) is 32.1 Å². The Kier molecular flexibility index (Phi) is 5.78. The van der Waals surface area contributed by atoms with Gasteiger partial charge in [0.25, 0.3) is 0 Å². The number of fused-ring (bicyclic) bond motifs is 3. The maximum Gasteiger partial charge on any atom is 0.303 e. The molecule has 8 nitrogen and oxygen atoms in total. The second kappa shape index (κ2) is 7.90. The molecule has 0 amide bonds. The zero-order valence-corrected chi connectivity index (χ0v) is 21.0. The average molecular weight is 477 g/mol. The normalized spacial score (nSPS) is 46.8. The Labute approximate surface area is 200 Å². The van der Waals surface area contributed by atoms with E-state index in [1.54, 1.807) is 13.0 Å². The van der Waals surface area contributed by atoms with Gasteiger partial charge in [-0.2, -0.15) is 0 Å². The number of hydrogen-bond acceptors (Lipinski definition) is 8. The lowest BCUT2D eigenvalue weighted by molar-refractivity contribution is -0.222. The highest BCUT2D eigenvalue weighted by Crippen LogP contribution is 2.73. The van der Waals surface area contributed by atoms with Crippen molar-refractivity contribution in [1.82, 2.24) is 0 Å². The van der Waals surface area contributed by atoms with Crippen molar-refractivity contribution in [2.24, 2.45) is 40.4 Å². The van der Waals surface area contributed by atoms with Crippen LogP contribution >= 0.6 is 0 Å². The quantitative estimate of drug-likeness (QED) is 0.374. The van der Waals surface area contributed by atoms with E-state index in [0.29, 0.717) is 18.4 Å². The number of carbonyl (C=O) groups excluding carboxylic acids is 4. The minimum atomic E-state index is -1.91. The molecular weight excluding hydrogens is 440 g/mol. The lowest BCUT2D eigenvalue weighted by atomic mass is 9.59. The lowest BCUT2D eigenvalue weighted by Gasteiger charge is -2.49. The van der Waals surface area contributed by atoms with Crippen molar-refractivity contribution < 1.29 is 38.5 Å². The number of Topliss-reactive ketones (excluding diaryl/α,β-unsaturated/α-hetero) is 1. The van der Waals surface area contributed by atoms with Crippen LogP contribution in [0.25, 0.3) is 0 Å². The highest BCUT2D eigenvalue weighted by molar-refractivity contribution is 5.94. The minimum Gasteiger partial charge on any atom is -0.465 e. The van der Waals surface area contributed by atoms with Gasteiger partial charge in [0.05, 0.1) is 12.0 Å². The molecule has 10 unspecified atom stereocenters. The topological polar surface area (TPSA) is 116 Å². The average Bonchev–Trinajstić information content (AvgIpc) is 3.26. The molecule has 0 radical (unpaired) electrons. The van der Waals surface area contributed by atoms with E-state index < -0.39 is 41.1 Å². The Bertz CT molecular complexity index is 970. The molecule has 3 fully saturated rings. The van der Waals surface area contributed by atoms with Gasteiger partial charge in [0.15, 0.2) is 11.7 Å². The zero-order chi connectivity index (χ0) is 25.4. The first kappa shape index (κ1) is 24.9. The number of carbonyl (C=O) groups is 4. The molecule has 4 aliphatic carbocycles. The molecule has 4 aliphatic rings. The molecule has 4 rings (SSSR count). The summed E-state index contributed by atoms with van der Waals surface area (Å²) in [7, 11) is 0. The maximum absolute atomic E-state index is 14.5. The van der Waals surface area contributed by atoms with Crippen molar-refractivity contribution >= 4 is 23.7 Å². The molecule has 0 aromatic heterocycles. The first-order valence-electron chi connectivity index (χ1n) is 12.2. The molecule has 2 bridgehead atoms. The Hall–Kier alpha value is -2.22. The van der Waals surface area contributed by atoms with Gasteiger partial charge in [-0.25, -0.2) is 0 Å². The molecule has 10 atom stereocenters. The number of ketones is 1. The van der Waals surface area contributed by atoms with Crippen LogP contribution in [0.1, 0.15) is 61.3 Å². The van der Waals surface area contributed by atoms with Crippen molar-refractivity contribution in [1.29, 1.82) is 0 Å². The molecule has 0 aromatic rings. The van der Waals surface area contributed by atoms with Crippen molar-refractivity contribution in [2.75, 3.05) is 6.61 Å². The molecule has 1 spiro atoms. The maximum atomic E-state index is 14.5. The standard InChI is InChI=1S/C26H36O8/c1-12-8-18-20-19(24(20,7)11-32-15(4)27)9-14(3)25(21(18)30)10-13(2)23(34-17(6)29)26(25,31)22(12)33-16(5)28/h10,12,14,18-20,22-23,31H,8-9,11H2,1-7H3. The highest BCUT2D eigenvalue weighted by Gasteiger charge is 2.78. The van der Waals surface area contributed by atoms with E-state index in [0.717, 1.165) is 0 Å². The Morgan fingerprint density at radius 2 is 1.68 bits per heavy atom. The summed E-state index contributed by atoms with van der Waals surface area (Å²) in [5.41, 5.74) is -3.01. The van der Waals surface area contributed by atoms with Gasteiger partial charge < -0.3 is 19.3 Å². The van der Waals surface area contributed by atoms with Crippen LogP contribution in [0, 0.1) is 40.4 Å².